The quantitative estimate of drug-likeness (QED) is 0.899. The van der Waals surface area contributed by atoms with Gasteiger partial charge in [-0.3, -0.25) is 4.90 Å². The number of hydrogen-bond acceptors (Lipinski definition) is 4. The molecule has 2 heterocycles. The fourth-order valence-corrected chi connectivity index (χ4v) is 3.50. The molecule has 4 heteroatoms. The maximum Gasteiger partial charge on any atom is 0.128 e. The molecule has 2 atom stereocenters. The normalized spacial score (nSPS) is 25.8. The third kappa shape index (κ3) is 3.07. The summed E-state index contributed by atoms with van der Waals surface area (Å²) in [5.74, 6) is 0.927. The van der Waals surface area contributed by atoms with Gasteiger partial charge in [-0.05, 0) is 52.0 Å². The van der Waals surface area contributed by atoms with Gasteiger partial charge in [0.25, 0.3) is 0 Å². The second kappa shape index (κ2) is 6.34. The molecule has 0 bridgehead atoms. The fraction of sp³-hybridized carbons (Fsp3) is 0.647. The van der Waals surface area contributed by atoms with Crippen LogP contribution in [0.4, 0.5) is 0 Å². The molecule has 0 aliphatic carbocycles. The molecule has 0 spiro atoms. The lowest BCUT2D eigenvalue weighted by atomic mass is 9.95. The lowest BCUT2D eigenvalue weighted by Crippen LogP contribution is -2.42. The second-order valence-electron chi connectivity index (χ2n) is 6.40. The first-order chi connectivity index (χ1) is 10.2. The van der Waals surface area contributed by atoms with Crippen LogP contribution in [0.15, 0.2) is 18.2 Å². The van der Waals surface area contributed by atoms with Crippen LogP contribution in [0.5, 0.6) is 5.75 Å². The van der Waals surface area contributed by atoms with E-state index in [0.717, 1.165) is 56.8 Å². The standard InChI is InChI=1S/C17H26N2O2/c1-18-9-5-10-19(2)15(12-18)16(20)14-8-3-6-13-7-4-11-21-17(13)14/h3,6,8,15-16,20H,4-5,7,9-12H2,1-2H3. The van der Waals surface area contributed by atoms with E-state index in [1.165, 1.54) is 5.56 Å². The zero-order valence-electron chi connectivity index (χ0n) is 13.1. The van der Waals surface area contributed by atoms with E-state index in [1.807, 2.05) is 12.1 Å². The first-order valence-corrected chi connectivity index (χ1v) is 7.98. The first-order valence-electron chi connectivity index (χ1n) is 7.98. The molecule has 2 aliphatic rings. The van der Waals surface area contributed by atoms with Crippen LogP contribution in [-0.2, 0) is 6.42 Å². The second-order valence-corrected chi connectivity index (χ2v) is 6.40. The Morgan fingerprint density at radius 2 is 2.10 bits per heavy atom. The predicted octanol–water partition coefficient (Wildman–Crippen LogP) is 1.68. The molecule has 1 saturated heterocycles. The van der Waals surface area contributed by atoms with Crippen molar-refractivity contribution in [2.24, 2.45) is 0 Å². The Hall–Kier alpha value is -1.10. The lowest BCUT2D eigenvalue weighted by Gasteiger charge is -2.33. The van der Waals surface area contributed by atoms with Gasteiger partial charge in [0, 0.05) is 12.1 Å². The molecule has 2 aliphatic heterocycles. The van der Waals surface area contributed by atoms with E-state index in [9.17, 15) is 5.11 Å². The van der Waals surface area contributed by atoms with Crippen molar-refractivity contribution in [2.75, 3.05) is 40.3 Å². The van der Waals surface area contributed by atoms with Gasteiger partial charge in [-0.15, -0.1) is 0 Å². The highest BCUT2D eigenvalue weighted by molar-refractivity contribution is 5.44. The van der Waals surface area contributed by atoms with E-state index in [0.29, 0.717) is 0 Å². The van der Waals surface area contributed by atoms with Crippen molar-refractivity contribution in [2.45, 2.75) is 31.4 Å². The number of fused-ring (bicyclic) bond motifs is 1. The highest BCUT2D eigenvalue weighted by atomic mass is 16.5. The van der Waals surface area contributed by atoms with Crippen molar-refractivity contribution in [3.63, 3.8) is 0 Å². The molecule has 3 rings (SSSR count). The van der Waals surface area contributed by atoms with Crippen LogP contribution >= 0.6 is 0 Å². The summed E-state index contributed by atoms with van der Waals surface area (Å²) in [4.78, 5) is 4.60. The van der Waals surface area contributed by atoms with Crippen molar-refractivity contribution in [3.05, 3.63) is 29.3 Å². The van der Waals surface area contributed by atoms with Crippen molar-refractivity contribution >= 4 is 0 Å². The number of likely N-dealkylation sites (N-methyl/N-ethyl adjacent to an activating group) is 2. The molecule has 1 aromatic carbocycles. The van der Waals surface area contributed by atoms with Crippen LogP contribution in [0.25, 0.3) is 0 Å². The Morgan fingerprint density at radius 3 is 2.95 bits per heavy atom. The van der Waals surface area contributed by atoms with E-state index >= 15 is 0 Å². The topological polar surface area (TPSA) is 35.9 Å². The Labute approximate surface area is 127 Å². The summed E-state index contributed by atoms with van der Waals surface area (Å²) < 4.78 is 5.87. The average Bonchev–Trinajstić information content (AvgIpc) is 2.67. The number of aryl methyl sites for hydroxylation is 1. The third-order valence-electron chi connectivity index (χ3n) is 4.76. The average molecular weight is 290 g/mol. The van der Waals surface area contributed by atoms with Gasteiger partial charge in [0.1, 0.15) is 5.75 Å². The third-order valence-corrected chi connectivity index (χ3v) is 4.76. The Bertz CT molecular complexity index is 492. The summed E-state index contributed by atoms with van der Waals surface area (Å²) in [6.07, 6.45) is 2.78. The summed E-state index contributed by atoms with van der Waals surface area (Å²) in [5, 5.41) is 11.0. The van der Waals surface area contributed by atoms with Crippen LogP contribution in [0.3, 0.4) is 0 Å². The molecule has 1 fully saturated rings. The number of ether oxygens (including phenoxy) is 1. The zero-order chi connectivity index (χ0) is 14.8. The number of para-hydroxylation sites is 1. The van der Waals surface area contributed by atoms with E-state index in [2.05, 4.69) is 30.0 Å². The van der Waals surface area contributed by atoms with Crippen molar-refractivity contribution < 1.29 is 9.84 Å². The molecule has 2 unspecified atom stereocenters. The molecule has 21 heavy (non-hydrogen) atoms. The van der Waals surface area contributed by atoms with Gasteiger partial charge in [-0.25, -0.2) is 0 Å². The SMILES string of the molecule is CN1CCCN(C)C(C(O)c2cccc3c2OCCC3)C1. The molecule has 0 saturated carbocycles. The number of nitrogens with zero attached hydrogens (tertiary/aromatic N) is 2. The van der Waals surface area contributed by atoms with Crippen molar-refractivity contribution in [3.8, 4) is 5.75 Å². The molecule has 1 N–H and O–H groups in total. The van der Waals surface area contributed by atoms with Crippen molar-refractivity contribution in [1.29, 1.82) is 0 Å². The lowest BCUT2D eigenvalue weighted by molar-refractivity contribution is 0.0545. The van der Waals surface area contributed by atoms with Gasteiger partial charge in [-0.2, -0.15) is 0 Å². The number of rotatable bonds is 2. The maximum absolute atomic E-state index is 11.0. The van der Waals surface area contributed by atoms with E-state index < -0.39 is 6.10 Å². The van der Waals surface area contributed by atoms with Crippen LogP contribution in [-0.4, -0.2) is 61.3 Å². The van der Waals surface area contributed by atoms with Gasteiger partial charge >= 0.3 is 0 Å². The Kier molecular flexibility index (Phi) is 4.48. The Morgan fingerprint density at radius 1 is 1.24 bits per heavy atom. The largest absolute Gasteiger partial charge is 0.493 e. The van der Waals surface area contributed by atoms with E-state index in [1.54, 1.807) is 0 Å². The number of benzene rings is 1. The van der Waals surface area contributed by atoms with E-state index in [-0.39, 0.29) is 6.04 Å². The summed E-state index contributed by atoms with van der Waals surface area (Å²) in [6.45, 7) is 3.78. The summed E-state index contributed by atoms with van der Waals surface area (Å²) in [5.41, 5.74) is 2.20. The summed E-state index contributed by atoms with van der Waals surface area (Å²) in [6, 6.07) is 6.31. The maximum atomic E-state index is 11.0. The minimum atomic E-state index is -0.497. The zero-order valence-corrected chi connectivity index (χ0v) is 13.1. The number of aliphatic hydroxyl groups excluding tert-OH is 1. The number of aliphatic hydroxyl groups is 1. The molecule has 116 valence electrons. The molecular formula is C17H26N2O2. The van der Waals surface area contributed by atoms with Crippen LogP contribution in [0.2, 0.25) is 0 Å². The van der Waals surface area contributed by atoms with Crippen LogP contribution in [0.1, 0.15) is 30.1 Å². The van der Waals surface area contributed by atoms with Gasteiger partial charge in [0.2, 0.25) is 0 Å². The fourth-order valence-electron chi connectivity index (χ4n) is 3.50. The van der Waals surface area contributed by atoms with E-state index in [4.69, 9.17) is 4.74 Å². The Balaban J connectivity index is 1.88. The summed E-state index contributed by atoms with van der Waals surface area (Å²) >= 11 is 0. The smallest absolute Gasteiger partial charge is 0.128 e. The molecule has 4 nitrogen and oxygen atoms in total. The van der Waals surface area contributed by atoms with Gasteiger partial charge < -0.3 is 14.7 Å². The highest BCUT2D eigenvalue weighted by Gasteiger charge is 2.31. The van der Waals surface area contributed by atoms with Crippen LogP contribution in [0, 0.1) is 0 Å². The van der Waals surface area contributed by atoms with Gasteiger partial charge in [-0.1, -0.05) is 18.2 Å². The monoisotopic (exact) mass is 290 g/mol. The minimum Gasteiger partial charge on any atom is -0.493 e. The van der Waals surface area contributed by atoms with Crippen LogP contribution < -0.4 is 4.74 Å². The minimum absolute atomic E-state index is 0.120. The van der Waals surface area contributed by atoms with Crippen molar-refractivity contribution in [1.82, 2.24) is 9.80 Å². The molecule has 0 amide bonds. The number of hydrogen-bond donors (Lipinski definition) is 1. The highest BCUT2D eigenvalue weighted by Crippen LogP contribution is 2.35. The predicted molar refractivity (Wildman–Crippen MR) is 83.7 cm³/mol. The van der Waals surface area contributed by atoms with Gasteiger partial charge in [0.15, 0.2) is 0 Å². The van der Waals surface area contributed by atoms with Gasteiger partial charge in [0.05, 0.1) is 18.8 Å². The first kappa shape index (κ1) is 14.8. The molecule has 0 radical (unpaired) electrons. The summed E-state index contributed by atoms with van der Waals surface area (Å²) in [7, 11) is 4.25. The molecule has 1 aromatic rings. The molecular weight excluding hydrogens is 264 g/mol. The molecule has 0 aromatic heterocycles.